The summed E-state index contributed by atoms with van der Waals surface area (Å²) in [7, 11) is 0. The fourth-order valence-corrected chi connectivity index (χ4v) is 4.38. The van der Waals surface area contributed by atoms with Crippen LogP contribution in [0.25, 0.3) is 0 Å². The van der Waals surface area contributed by atoms with Gasteiger partial charge >= 0.3 is 0 Å². The zero-order valence-corrected chi connectivity index (χ0v) is 18.6. The summed E-state index contributed by atoms with van der Waals surface area (Å²) in [5, 5.41) is 5.20. The van der Waals surface area contributed by atoms with Crippen LogP contribution in [0.5, 0.6) is 5.75 Å². The van der Waals surface area contributed by atoms with Crippen molar-refractivity contribution in [3.63, 3.8) is 0 Å². The molecule has 1 aliphatic heterocycles. The molecule has 0 bridgehead atoms. The van der Waals surface area contributed by atoms with Gasteiger partial charge in [0.1, 0.15) is 5.75 Å². The summed E-state index contributed by atoms with van der Waals surface area (Å²) in [5.41, 5.74) is 2.26. The van der Waals surface area contributed by atoms with E-state index in [9.17, 15) is 4.79 Å². The Kier molecular flexibility index (Phi) is 8.80. The second kappa shape index (κ2) is 10.8. The Morgan fingerprint density at radius 1 is 1.25 bits per heavy atom. The van der Waals surface area contributed by atoms with Crippen molar-refractivity contribution in [2.24, 2.45) is 5.92 Å². The fraction of sp³-hybridized carbons (Fsp3) is 0.500. The van der Waals surface area contributed by atoms with Crippen molar-refractivity contribution in [2.45, 2.75) is 39.7 Å². The van der Waals surface area contributed by atoms with Crippen LogP contribution in [0.4, 0.5) is 0 Å². The highest BCUT2D eigenvalue weighted by Gasteiger charge is 2.25. The van der Waals surface area contributed by atoms with Gasteiger partial charge in [0.2, 0.25) is 0 Å². The largest absolute Gasteiger partial charge is 0.483 e. The molecule has 0 spiro atoms. The van der Waals surface area contributed by atoms with E-state index in [4.69, 9.17) is 4.74 Å². The Balaban J connectivity index is 0.00000280. The van der Waals surface area contributed by atoms with E-state index in [2.05, 4.69) is 34.7 Å². The molecule has 0 radical (unpaired) electrons. The molecule has 4 nitrogen and oxygen atoms in total. The summed E-state index contributed by atoms with van der Waals surface area (Å²) >= 11 is 1.77. The van der Waals surface area contributed by atoms with Crippen LogP contribution in [0.2, 0.25) is 0 Å². The van der Waals surface area contributed by atoms with Crippen LogP contribution >= 0.6 is 23.7 Å². The lowest BCUT2D eigenvalue weighted by atomic mass is 9.97. The fourth-order valence-electron chi connectivity index (χ4n) is 3.52. The van der Waals surface area contributed by atoms with Gasteiger partial charge in [0.15, 0.2) is 6.61 Å². The van der Waals surface area contributed by atoms with Gasteiger partial charge in [0.05, 0.1) is 6.04 Å². The zero-order valence-electron chi connectivity index (χ0n) is 16.9. The number of piperidine rings is 1. The summed E-state index contributed by atoms with van der Waals surface area (Å²) < 4.78 is 5.74. The molecule has 2 heterocycles. The molecule has 1 atom stereocenters. The number of carbonyl (C=O) groups excluding carboxylic acids is 1. The number of benzene rings is 1. The van der Waals surface area contributed by atoms with Gasteiger partial charge in [-0.05, 0) is 74.3 Å². The minimum Gasteiger partial charge on any atom is -0.483 e. The van der Waals surface area contributed by atoms with Crippen LogP contribution in [-0.4, -0.2) is 37.0 Å². The number of thiophene rings is 1. The maximum atomic E-state index is 12.4. The van der Waals surface area contributed by atoms with Crippen LogP contribution in [0.15, 0.2) is 35.7 Å². The number of rotatable bonds is 7. The Morgan fingerprint density at radius 3 is 2.68 bits per heavy atom. The third-order valence-electron chi connectivity index (χ3n) is 5.54. The average Bonchev–Trinajstić information content (AvgIpc) is 3.19. The van der Waals surface area contributed by atoms with Crippen molar-refractivity contribution >= 4 is 29.7 Å². The van der Waals surface area contributed by atoms with Crippen molar-refractivity contribution < 1.29 is 9.53 Å². The van der Waals surface area contributed by atoms with E-state index in [-0.39, 0.29) is 31.0 Å². The predicted molar refractivity (Wildman–Crippen MR) is 119 cm³/mol. The first-order chi connectivity index (χ1) is 13.0. The smallest absolute Gasteiger partial charge is 0.258 e. The Labute approximate surface area is 178 Å². The van der Waals surface area contributed by atoms with E-state index >= 15 is 0 Å². The zero-order chi connectivity index (χ0) is 19.2. The molecule has 1 aliphatic rings. The van der Waals surface area contributed by atoms with Crippen molar-refractivity contribution in [3.05, 3.63) is 51.7 Å². The number of hydrogen-bond donors (Lipinski definition) is 1. The quantitative estimate of drug-likeness (QED) is 0.699. The first-order valence-corrected chi connectivity index (χ1v) is 10.7. The van der Waals surface area contributed by atoms with Crippen LogP contribution in [0.3, 0.4) is 0 Å². The maximum absolute atomic E-state index is 12.4. The van der Waals surface area contributed by atoms with Crippen LogP contribution < -0.4 is 10.1 Å². The molecule has 0 aliphatic carbocycles. The number of carbonyl (C=O) groups is 1. The minimum absolute atomic E-state index is 0. The number of nitrogens with one attached hydrogen (secondary N) is 1. The van der Waals surface area contributed by atoms with E-state index < -0.39 is 0 Å². The molecule has 1 fully saturated rings. The van der Waals surface area contributed by atoms with Crippen molar-refractivity contribution in [1.29, 1.82) is 0 Å². The maximum Gasteiger partial charge on any atom is 0.258 e. The third-order valence-corrected chi connectivity index (χ3v) is 6.51. The number of halogens is 1. The molecular formula is C22H31ClN2O2S. The third kappa shape index (κ3) is 5.97. The molecule has 1 N–H and O–H groups in total. The van der Waals surface area contributed by atoms with E-state index in [0.717, 1.165) is 30.3 Å². The number of hydrogen-bond acceptors (Lipinski definition) is 4. The SMILES string of the molecule is Cc1cccc(OCC(=O)NCC(c2cccs2)N2CCC(C)CC2)c1C.Cl. The lowest BCUT2D eigenvalue weighted by Crippen LogP contribution is -2.42. The Hall–Kier alpha value is -1.56. The highest BCUT2D eigenvalue weighted by molar-refractivity contribution is 7.10. The standard InChI is InChI=1S/C22H30N2O2S.ClH/c1-16-9-11-24(12-10-16)19(21-8-5-13-27-21)14-23-22(25)15-26-20-7-4-6-17(2)18(20)3;/h4-8,13,16,19H,9-12,14-15H2,1-3H3,(H,23,25);1H. The van der Waals surface area contributed by atoms with Crippen molar-refractivity contribution in [1.82, 2.24) is 10.2 Å². The average molecular weight is 423 g/mol. The highest BCUT2D eigenvalue weighted by atomic mass is 35.5. The summed E-state index contributed by atoms with van der Waals surface area (Å²) in [4.78, 5) is 16.2. The minimum atomic E-state index is -0.0668. The van der Waals surface area contributed by atoms with E-state index in [1.807, 2.05) is 32.0 Å². The molecule has 2 aromatic rings. The monoisotopic (exact) mass is 422 g/mol. The topological polar surface area (TPSA) is 41.6 Å². The van der Waals surface area contributed by atoms with Crippen LogP contribution in [0.1, 0.15) is 41.8 Å². The van der Waals surface area contributed by atoms with Gasteiger partial charge in [0, 0.05) is 11.4 Å². The molecule has 1 aromatic heterocycles. The summed E-state index contributed by atoms with van der Waals surface area (Å²) in [6.07, 6.45) is 2.46. The van der Waals surface area contributed by atoms with Crippen LogP contribution in [0, 0.1) is 19.8 Å². The lowest BCUT2D eigenvalue weighted by Gasteiger charge is -2.36. The number of nitrogens with zero attached hydrogens (tertiary/aromatic N) is 1. The Bertz CT molecular complexity index is 743. The molecule has 28 heavy (non-hydrogen) atoms. The Morgan fingerprint density at radius 2 is 2.00 bits per heavy atom. The van der Waals surface area contributed by atoms with E-state index in [1.165, 1.54) is 23.3 Å². The molecule has 0 saturated carbocycles. The van der Waals surface area contributed by atoms with Gasteiger partial charge in [0.25, 0.3) is 5.91 Å². The van der Waals surface area contributed by atoms with E-state index in [1.54, 1.807) is 11.3 Å². The first-order valence-electron chi connectivity index (χ1n) is 9.77. The van der Waals surface area contributed by atoms with Gasteiger partial charge in [-0.15, -0.1) is 23.7 Å². The molecule has 154 valence electrons. The highest BCUT2D eigenvalue weighted by Crippen LogP contribution is 2.29. The number of amides is 1. The van der Waals surface area contributed by atoms with Gasteiger partial charge in [-0.25, -0.2) is 0 Å². The summed E-state index contributed by atoms with van der Waals surface area (Å²) in [5.74, 6) is 1.51. The molecule has 1 unspecified atom stereocenters. The van der Waals surface area contributed by atoms with Gasteiger partial charge in [-0.1, -0.05) is 25.1 Å². The van der Waals surface area contributed by atoms with Crippen molar-refractivity contribution in [2.75, 3.05) is 26.2 Å². The molecule has 1 aromatic carbocycles. The first kappa shape index (κ1) is 22.7. The number of likely N-dealkylation sites (tertiary alicyclic amines) is 1. The van der Waals surface area contributed by atoms with Crippen molar-refractivity contribution in [3.8, 4) is 5.75 Å². The molecule has 3 rings (SSSR count). The summed E-state index contributed by atoms with van der Waals surface area (Å²) in [6.45, 7) is 9.27. The lowest BCUT2D eigenvalue weighted by molar-refractivity contribution is -0.123. The van der Waals surface area contributed by atoms with Gasteiger partial charge < -0.3 is 10.1 Å². The van der Waals surface area contributed by atoms with Gasteiger partial charge in [-0.3, -0.25) is 9.69 Å². The van der Waals surface area contributed by atoms with E-state index in [0.29, 0.717) is 6.54 Å². The van der Waals surface area contributed by atoms with Crippen LogP contribution in [-0.2, 0) is 4.79 Å². The second-order valence-corrected chi connectivity index (χ2v) is 8.52. The molecule has 1 amide bonds. The number of ether oxygens (including phenoxy) is 1. The summed E-state index contributed by atoms with van der Waals surface area (Å²) in [6, 6.07) is 10.4. The second-order valence-electron chi connectivity index (χ2n) is 7.54. The molecule has 1 saturated heterocycles. The van der Waals surface area contributed by atoms with Gasteiger partial charge in [-0.2, -0.15) is 0 Å². The predicted octanol–water partition coefficient (Wildman–Crippen LogP) is 4.75. The normalized spacial score (nSPS) is 16.2. The number of aryl methyl sites for hydroxylation is 1. The molecular weight excluding hydrogens is 392 g/mol. The molecule has 6 heteroatoms.